The number of nitrogens with one attached hydrogen (secondary N) is 1. The van der Waals surface area contributed by atoms with Crippen LogP contribution in [0.25, 0.3) is 0 Å². The predicted molar refractivity (Wildman–Crippen MR) is 62.2 cm³/mol. The molecule has 1 atom stereocenters. The van der Waals surface area contributed by atoms with E-state index in [0.717, 1.165) is 12.8 Å². The highest BCUT2D eigenvalue weighted by Gasteiger charge is 2.23. The second-order valence-electron chi connectivity index (χ2n) is 4.03. The molecular weight excluding hydrogens is 230 g/mol. The fourth-order valence-corrected chi connectivity index (χ4v) is 2.72. The molecule has 0 spiro atoms. The van der Waals surface area contributed by atoms with E-state index < -0.39 is 10.2 Å². The number of morpholine rings is 1. The van der Waals surface area contributed by atoms with E-state index in [1.165, 1.54) is 4.31 Å². The monoisotopic (exact) mass is 251 g/mol. The second-order valence-corrected chi connectivity index (χ2v) is 5.79. The van der Waals surface area contributed by atoms with Crippen LogP contribution in [0.3, 0.4) is 0 Å². The molecular formula is C9H21N3O3S. The van der Waals surface area contributed by atoms with E-state index in [0.29, 0.717) is 32.8 Å². The zero-order valence-electron chi connectivity index (χ0n) is 9.68. The molecule has 0 saturated carbocycles. The summed E-state index contributed by atoms with van der Waals surface area (Å²) in [4.78, 5) is 0. The molecule has 3 N–H and O–H groups in total. The predicted octanol–water partition coefficient (Wildman–Crippen LogP) is -0.720. The third-order valence-electron chi connectivity index (χ3n) is 2.43. The van der Waals surface area contributed by atoms with Gasteiger partial charge in [-0.1, -0.05) is 0 Å². The van der Waals surface area contributed by atoms with Crippen LogP contribution in [-0.2, 0) is 14.9 Å². The Kier molecular flexibility index (Phi) is 5.63. The van der Waals surface area contributed by atoms with E-state index in [1.54, 1.807) is 0 Å². The Hall–Kier alpha value is -0.210. The molecule has 1 fully saturated rings. The maximum absolute atomic E-state index is 11.8. The number of hydrogen-bond donors (Lipinski definition) is 2. The van der Waals surface area contributed by atoms with Crippen molar-refractivity contribution in [2.75, 3.05) is 32.8 Å². The van der Waals surface area contributed by atoms with Gasteiger partial charge in [-0.3, -0.25) is 0 Å². The van der Waals surface area contributed by atoms with Crippen molar-refractivity contribution in [1.29, 1.82) is 0 Å². The van der Waals surface area contributed by atoms with Crippen LogP contribution in [0, 0.1) is 0 Å². The van der Waals surface area contributed by atoms with Gasteiger partial charge in [0.15, 0.2) is 0 Å². The third kappa shape index (κ3) is 4.75. The lowest BCUT2D eigenvalue weighted by atomic mass is 10.2. The Morgan fingerprint density at radius 1 is 1.44 bits per heavy atom. The first kappa shape index (κ1) is 13.9. The first-order valence-corrected chi connectivity index (χ1v) is 7.04. The molecule has 1 saturated heterocycles. The van der Waals surface area contributed by atoms with E-state index in [4.69, 9.17) is 10.5 Å². The van der Waals surface area contributed by atoms with Crippen molar-refractivity contribution >= 4 is 10.2 Å². The van der Waals surface area contributed by atoms with Crippen molar-refractivity contribution in [2.45, 2.75) is 25.8 Å². The summed E-state index contributed by atoms with van der Waals surface area (Å²) in [5, 5.41) is 0. The molecule has 16 heavy (non-hydrogen) atoms. The van der Waals surface area contributed by atoms with Gasteiger partial charge >= 0.3 is 0 Å². The third-order valence-corrected chi connectivity index (χ3v) is 4.04. The van der Waals surface area contributed by atoms with Crippen molar-refractivity contribution in [3.8, 4) is 0 Å². The lowest BCUT2D eigenvalue weighted by Gasteiger charge is -2.26. The molecule has 0 aliphatic carbocycles. The minimum absolute atomic E-state index is 0.118. The quantitative estimate of drug-likeness (QED) is 0.610. The summed E-state index contributed by atoms with van der Waals surface area (Å²) in [5.74, 6) is 0. The van der Waals surface area contributed by atoms with Crippen LogP contribution in [0.2, 0.25) is 0 Å². The highest BCUT2D eigenvalue weighted by molar-refractivity contribution is 7.87. The van der Waals surface area contributed by atoms with E-state index in [1.807, 2.05) is 6.92 Å². The highest BCUT2D eigenvalue weighted by Crippen LogP contribution is 2.03. The fraction of sp³-hybridized carbons (Fsp3) is 1.00. The number of rotatable bonds is 6. The lowest BCUT2D eigenvalue weighted by molar-refractivity contribution is 0.0725. The summed E-state index contributed by atoms with van der Waals surface area (Å²) < 4.78 is 32.6. The molecule has 0 amide bonds. The fourth-order valence-electron chi connectivity index (χ4n) is 1.50. The zero-order valence-corrected chi connectivity index (χ0v) is 10.5. The van der Waals surface area contributed by atoms with Crippen molar-refractivity contribution in [2.24, 2.45) is 5.73 Å². The zero-order chi connectivity index (χ0) is 12.0. The number of nitrogens with two attached hydrogens (primary N) is 1. The summed E-state index contributed by atoms with van der Waals surface area (Å²) in [6.45, 7) is 4.17. The Balaban J connectivity index is 2.27. The Morgan fingerprint density at radius 2 is 2.06 bits per heavy atom. The minimum atomic E-state index is -3.32. The first-order valence-electron chi connectivity index (χ1n) is 5.60. The second kappa shape index (κ2) is 6.51. The van der Waals surface area contributed by atoms with Crippen LogP contribution >= 0.6 is 0 Å². The molecule has 7 heteroatoms. The Labute approximate surface area is 97.3 Å². The van der Waals surface area contributed by atoms with E-state index in [9.17, 15) is 8.42 Å². The lowest BCUT2D eigenvalue weighted by Crippen LogP contribution is -2.46. The molecule has 96 valence electrons. The molecule has 0 bridgehead atoms. The van der Waals surface area contributed by atoms with Gasteiger partial charge in [0.1, 0.15) is 0 Å². The Bertz CT molecular complexity index is 286. The van der Waals surface area contributed by atoms with Crippen LogP contribution in [-0.4, -0.2) is 51.6 Å². The molecule has 1 rings (SSSR count). The number of hydrogen-bond acceptors (Lipinski definition) is 4. The average molecular weight is 251 g/mol. The maximum Gasteiger partial charge on any atom is 0.279 e. The van der Waals surface area contributed by atoms with E-state index in [2.05, 4.69) is 4.72 Å². The highest BCUT2D eigenvalue weighted by atomic mass is 32.2. The number of ether oxygens (including phenoxy) is 1. The molecule has 0 aromatic carbocycles. The van der Waals surface area contributed by atoms with Crippen LogP contribution in [0.4, 0.5) is 0 Å². The Morgan fingerprint density at radius 3 is 2.62 bits per heavy atom. The average Bonchev–Trinajstić information content (AvgIpc) is 2.26. The van der Waals surface area contributed by atoms with Gasteiger partial charge in [0, 0.05) is 25.7 Å². The first-order chi connectivity index (χ1) is 7.52. The molecule has 0 radical (unpaired) electrons. The van der Waals surface area contributed by atoms with Gasteiger partial charge in [-0.2, -0.15) is 12.7 Å². The maximum atomic E-state index is 11.8. The van der Waals surface area contributed by atoms with Crippen molar-refractivity contribution in [3.63, 3.8) is 0 Å². The van der Waals surface area contributed by atoms with Gasteiger partial charge in [-0.15, -0.1) is 0 Å². The van der Waals surface area contributed by atoms with E-state index in [-0.39, 0.29) is 6.04 Å². The molecule has 1 aliphatic heterocycles. The van der Waals surface area contributed by atoms with Crippen LogP contribution < -0.4 is 10.5 Å². The SMILES string of the molecule is CC(N)CCCNS(=O)(=O)N1CCOCC1. The standard InChI is InChI=1S/C9H21N3O3S/c1-9(10)3-2-4-11-16(13,14)12-5-7-15-8-6-12/h9,11H,2-8,10H2,1H3. The van der Waals surface area contributed by atoms with Gasteiger partial charge in [-0.25, -0.2) is 4.72 Å². The van der Waals surface area contributed by atoms with Crippen molar-refractivity contribution in [1.82, 2.24) is 9.03 Å². The van der Waals surface area contributed by atoms with Crippen LogP contribution in [0.1, 0.15) is 19.8 Å². The molecule has 6 nitrogen and oxygen atoms in total. The molecule has 0 aromatic rings. The van der Waals surface area contributed by atoms with Gasteiger partial charge in [0.2, 0.25) is 0 Å². The molecule has 1 heterocycles. The van der Waals surface area contributed by atoms with Gasteiger partial charge in [-0.05, 0) is 19.8 Å². The van der Waals surface area contributed by atoms with Crippen LogP contribution in [0.15, 0.2) is 0 Å². The van der Waals surface area contributed by atoms with Crippen molar-refractivity contribution in [3.05, 3.63) is 0 Å². The smallest absolute Gasteiger partial charge is 0.279 e. The number of nitrogens with zero attached hydrogens (tertiary/aromatic N) is 1. The summed E-state index contributed by atoms with van der Waals surface area (Å²) in [6, 6.07) is 0.118. The molecule has 1 unspecified atom stereocenters. The summed E-state index contributed by atoms with van der Waals surface area (Å²) in [6.07, 6.45) is 1.59. The summed E-state index contributed by atoms with van der Waals surface area (Å²) >= 11 is 0. The summed E-state index contributed by atoms with van der Waals surface area (Å²) in [7, 11) is -3.32. The summed E-state index contributed by atoms with van der Waals surface area (Å²) in [5.41, 5.74) is 5.58. The van der Waals surface area contributed by atoms with Crippen LogP contribution in [0.5, 0.6) is 0 Å². The van der Waals surface area contributed by atoms with Gasteiger partial charge in [0.25, 0.3) is 10.2 Å². The topological polar surface area (TPSA) is 84.7 Å². The van der Waals surface area contributed by atoms with Gasteiger partial charge in [0.05, 0.1) is 13.2 Å². The normalized spacial score (nSPS) is 20.9. The minimum Gasteiger partial charge on any atom is -0.379 e. The largest absolute Gasteiger partial charge is 0.379 e. The van der Waals surface area contributed by atoms with Crippen molar-refractivity contribution < 1.29 is 13.2 Å². The van der Waals surface area contributed by atoms with Gasteiger partial charge < -0.3 is 10.5 Å². The molecule has 1 aliphatic rings. The van der Waals surface area contributed by atoms with E-state index >= 15 is 0 Å². The molecule has 0 aromatic heterocycles.